The lowest BCUT2D eigenvalue weighted by atomic mass is 10.2. The number of hydrogen-bond acceptors (Lipinski definition) is 8. The summed E-state index contributed by atoms with van der Waals surface area (Å²) in [4.78, 5) is 21.6. The lowest BCUT2D eigenvalue weighted by Crippen LogP contribution is -2.27. The Morgan fingerprint density at radius 1 is 1.37 bits per heavy atom. The minimum atomic E-state index is -0.142. The van der Waals surface area contributed by atoms with Crippen molar-refractivity contribution in [2.45, 2.75) is 24.6 Å². The molecule has 1 N–H and O–H groups in total. The van der Waals surface area contributed by atoms with Crippen LogP contribution >= 0.6 is 23.1 Å². The Morgan fingerprint density at radius 2 is 2.22 bits per heavy atom. The molecule has 0 aliphatic rings. The molecule has 0 aliphatic carbocycles. The molecule has 8 nitrogen and oxygen atoms in total. The summed E-state index contributed by atoms with van der Waals surface area (Å²) in [6.45, 7) is 1.93. The summed E-state index contributed by atoms with van der Waals surface area (Å²) < 4.78 is 7.55. The van der Waals surface area contributed by atoms with Crippen molar-refractivity contribution < 1.29 is 9.21 Å². The number of rotatable bonds is 7. The number of pyridine rings is 1. The zero-order valence-electron chi connectivity index (χ0n) is 14.4. The van der Waals surface area contributed by atoms with Crippen LogP contribution in [0.3, 0.4) is 0 Å². The van der Waals surface area contributed by atoms with Gasteiger partial charge in [0.05, 0.1) is 11.7 Å². The highest BCUT2D eigenvalue weighted by molar-refractivity contribution is 7.99. The van der Waals surface area contributed by atoms with Crippen LogP contribution < -0.4 is 5.32 Å². The molecule has 1 atom stereocenters. The molecule has 4 aromatic heterocycles. The van der Waals surface area contributed by atoms with E-state index in [9.17, 15) is 4.79 Å². The number of aromatic nitrogens is 5. The van der Waals surface area contributed by atoms with Gasteiger partial charge in [-0.25, -0.2) is 4.98 Å². The quantitative estimate of drug-likeness (QED) is 0.476. The third-order valence-electron chi connectivity index (χ3n) is 3.82. The lowest BCUT2D eigenvalue weighted by molar-refractivity contribution is -0.121. The standard InChI is InChI=1S/C17H16N6O2S2/c1-11(13-10-23-7-9-26-16(23)20-13)19-14(24)4-8-27-17-22-21-15(25-17)12-2-5-18-6-3-12/h2-3,5-7,9-11H,4,8H2,1H3,(H,19,24). The van der Waals surface area contributed by atoms with E-state index in [0.29, 0.717) is 23.3 Å². The fourth-order valence-corrected chi connectivity index (χ4v) is 3.86. The number of nitrogens with one attached hydrogen (secondary N) is 1. The van der Waals surface area contributed by atoms with Gasteiger partial charge in [0, 0.05) is 47.9 Å². The minimum absolute atomic E-state index is 0.0415. The molecule has 0 spiro atoms. The van der Waals surface area contributed by atoms with Crippen LogP contribution in [0.1, 0.15) is 25.1 Å². The maximum atomic E-state index is 12.2. The Labute approximate surface area is 163 Å². The van der Waals surface area contributed by atoms with Gasteiger partial charge < -0.3 is 9.73 Å². The average Bonchev–Trinajstić information content (AvgIpc) is 3.38. The van der Waals surface area contributed by atoms with E-state index in [4.69, 9.17) is 4.42 Å². The molecule has 0 aliphatic heterocycles. The Kier molecular flexibility index (Phi) is 5.16. The van der Waals surface area contributed by atoms with E-state index in [1.54, 1.807) is 35.9 Å². The number of imidazole rings is 1. The second-order valence-electron chi connectivity index (χ2n) is 5.76. The molecule has 4 heterocycles. The maximum absolute atomic E-state index is 12.2. The van der Waals surface area contributed by atoms with Gasteiger partial charge in [-0.05, 0) is 19.1 Å². The highest BCUT2D eigenvalue weighted by atomic mass is 32.2. The van der Waals surface area contributed by atoms with Gasteiger partial charge in [-0.1, -0.05) is 11.8 Å². The molecule has 0 fully saturated rings. The predicted octanol–water partition coefficient (Wildman–Crippen LogP) is 3.20. The van der Waals surface area contributed by atoms with Crippen LogP contribution in [-0.2, 0) is 4.79 Å². The molecule has 4 rings (SSSR count). The predicted molar refractivity (Wildman–Crippen MR) is 102 cm³/mol. The molecule has 0 aromatic carbocycles. The molecule has 138 valence electrons. The monoisotopic (exact) mass is 400 g/mol. The van der Waals surface area contributed by atoms with Gasteiger partial charge in [-0.3, -0.25) is 14.2 Å². The number of carbonyl (C=O) groups is 1. The van der Waals surface area contributed by atoms with Crippen LogP contribution in [0.5, 0.6) is 0 Å². The van der Waals surface area contributed by atoms with E-state index < -0.39 is 0 Å². The summed E-state index contributed by atoms with van der Waals surface area (Å²) in [7, 11) is 0. The van der Waals surface area contributed by atoms with Crippen LogP contribution in [0.15, 0.2) is 51.9 Å². The number of nitrogens with zero attached hydrogens (tertiary/aromatic N) is 5. The van der Waals surface area contributed by atoms with Gasteiger partial charge in [0.2, 0.25) is 11.8 Å². The van der Waals surface area contributed by atoms with E-state index in [0.717, 1.165) is 16.2 Å². The van der Waals surface area contributed by atoms with Crippen molar-refractivity contribution in [1.82, 2.24) is 29.9 Å². The molecule has 27 heavy (non-hydrogen) atoms. The highest BCUT2D eigenvalue weighted by Gasteiger charge is 2.14. The third kappa shape index (κ3) is 4.17. The lowest BCUT2D eigenvalue weighted by Gasteiger charge is -2.10. The van der Waals surface area contributed by atoms with Crippen LogP contribution in [0, 0.1) is 0 Å². The summed E-state index contributed by atoms with van der Waals surface area (Å²) in [6.07, 6.45) is 7.57. The Bertz CT molecular complexity index is 1010. The summed E-state index contributed by atoms with van der Waals surface area (Å²) in [6, 6.07) is 3.46. The smallest absolute Gasteiger partial charge is 0.276 e. The second-order valence-corrected chi connectivity index (χ2v) is 7.67. The maximum Gasteiger partial charge on any atom is 0.276 e. The second kappa shape index (κ2) is 7.89. The molecular formula is C17H16N6O2S2. The van der Waals surface area contributed by atoms with Crippen LogP contribution in [0.2, 0.25) is 0 Å². The van der Waals surface area contributed by atoms with E-state index in [1.807, 2.05) is 29.1 Å². The first-order valence-corrected chi connectivity index (χ1v) is 10.1. The topological polar surface area (TPSA) is 98.2 Å². The minimum Gasteiger partial charge on any atom is -0.411 e. The summed E-state index contributed by atoms with van der Waals surface area (Å²) in [5, 5.41) is 13.4. The molecule has 0 saturated heterocycles. The van der Waals surface area contributed by atoms with E-state index in [-0.39, 0.29) is 11.9 Å². The molecule has 0 bridgehead atoms. The third-order valence-corrected chi connectivity index (χ3v) is 5.41. The molecule has 0 radical (unpaired) electrons. The van der Waals surface area contributed by atoms with Gasteiger partial charge in [-0.2, -0.15) is 0 Å². The Balaban J connectivity index is 1.26. The molecule has 4 aromatic rings. The number of thioether (sulfide) groups is 1. The number of thiazole rings is 1. The Hall–Kier alpha value is -2.72. The molecule has 0 saturated carbocycles. The van der Waals surface area contributed by atoms with Crippen LogP contribution in [0.25, 0.3) is 16.4 Å². The summed E-state index contributed by atoms with van der Waals surface area (Å²) in [5.41, 5.74) is 1.66. The molecule has 1 unspecified atom stereocenters. The first-order chi connectivity index (χ1) is 13.2. The van der Waals surface area contributed by atoms with Gasteiger partial charge >= 0.3 is 0 Å². The zero-order valence-corrected chi connectivity index (χ0v) is 16.0. The first-order valence-electron chi connectivity index (χ1n) is 8.27. The molecule has 1 amide bonds. The normalized spacial score (nSPS) is 12.3. The number of fused-ring (bicyclic) bond motifs is 1. The fourth-order valence-electron chi connectivity index (χ4n) is 2.45. The Morgan fingerprint density at radius 3 is 3.04 bits per heavy atom. The van der Waals surface area contributed by atoms with Gasteiger partial charge in [-0.15, -0.1) is 21.5 Å². The van der Waals surface area contributed by atoms with Crippen molar-refractivity contribution in [1.29, 1.82) is 0 Å². The average molecular weight is 400 g/mol. The molecule has 10 heteroatoms. The van der Waals surface area contributed by atoms with Gasteiger partial charge in [0.25, 0.3) is 5.22 Å². The number of amides is 1. The van der Waals surface area contributed by atoms with Crippen LogP contribution in [-0.4, -0.2) is 36.2 Å². The van der Waals surface area contributed by atoms with E-state index >= 15 is 0 Å². The number of hydrogen-bond donors (Lipinski definition) is 1. The van der Waals surface area contributed by atoms with Crippen LogP contribution in [0.4, 0.5) is 0 Å². The van der Waals surface area contributed by atoms with E-state index in [2.05, 4.69) is 25.5 Å². The van der Waals surface area contributed by atoms with Crippen molar-refractivity contribution in [2.75, 3.05) is 5.75 Å². The van der Waals surface area contributed by atoms with Crippen molar-refractivity contribution in [3.8, 4) is 11.5 Å². The largest absolute Gasteiger partial charge is 0.411 e. The van der Waals surface area contributed by atoms with E-state index in [1.165, 1.54) is 11.8 Å². The summed E-state index contributed by atoms with van der Waals surface area (Å²) >= 11 is 2.92. The van der Waals surface area contributed by atoms with Crippen molar-refractivity contribution in [2.24, 2.45) is 0 Å². The first kappa shape index (κ1) is 17.7. The zero-order chi connectivity index (χ0) is 18.6. The van der Waals surface area contributed by atoms with Crippen molar-refractivity contribution in [3.05, 3.63) is 48.0 Å². The SMILES string of the molecule is CC(NC(=O)CCSc1nnc(-c2ccncc2)o1)c1cn2ccsc2n1. The van der Waals surface area contributed by atoms with Crippen molar-refractivity contribution >= 4 is 34.0 Å². The summed E-state index contributed by atoms with van der Waals surface area (Å²) in [5.74, 6) is 0.951. The van der Waals surface area contributed by atoms with Gasteiger partial charge in [0.15, 0.2) is 4.96 Å². The van der Waals surface area contributed by atoms with Gasteiger partial charge in [0.1, 0.15) is 0 Å². The van der Waals surface area contributed by atoms with Crippen molar-refractivity contribution in [3.63, 3.8) is 0 Å². The fraction of sp³-hybridized carbons (Fsp3) is 0.235. The molecular weight excluding hydrogens is 384 g/mol. The number of carbonyl (C=O) groups excluding carboxylic acids is 1. The highest BCUT2D eigenvalue weighted by Crippen LogP contribution is 2.23.